The van der Waals surface area contributed by atoms with E-state index in [1.54, 1.807) is 7.05 Å². The monoisotopic (exact) mass is 281 g/mol. The third kappa shape index (κ3) is 3.72. The minimum absolute atomic E-state index is 0. The molecule has 2 rings (SSSR count). The minimum atomic E-state index is -0.0227. The standard InChI is InChI=1S/C14H19N3O.ClH/c1-3-7-17-8-6-11-4-5-12(9-13(11)17)16-14(18)10-15-2;/h4-6,8-9,15H,3,7,10H2,1-2H3,(H,16,18);1H. The number of hydrogen-bond acceptors (Lipinski definition) is 2. The summed E-state index contributed by atoms with van der Waals surface area (Å²) in [5.74, 6) is -0.0227. The Bertz CT molecular complexity index is 551. The maximum Gasteiger partial charge on any atom is 0.238 e. The van der Waals surface area contributed by atoms with Crippen LogP contribution in [0.5, 0.6) is 0 Å². The van der Waals surface area contributed by atoms with Gasteiger partial charge >= 0.3 is 0 Å². The van der Waals surface area contributed by atoms with Gasteiger partial charge in [-0.05, 0) is 37.1 Å². The average molecular weight is 282 g/mol. The number of anilines is 1. The molecule has 5 heteroatoms. The lowest BCUT2D eigenvalue weighted by molar-refractivity contribution is -0.115. The van der Waals surface area contributed by atoms with E-state index in [1.807, 2.05) is 18.2 Å². The van der Waals surface area contributed by atoms with Gasteiger partial charge in [0.05, 0.1) is 12.1 Å². The highest BCUT2D eigenvalue weighted by molar-refractivity contribution is 5.94. The van der Waals surface area contributed by atoms with Crippen LogP contribution in [0.2, 0.25) is 0 Å². The first kappa shape index (κ1) is 15.5. The molecule has 0 aliphatic carbocycles. The fraction of sp³-hybridized carbons (Fsp3) is 0.357. The zero-order valence-electron chi connectivity index (χ0n) is 11.3. The van der Waals surface area contributed by atoms with Crippen molar-refractivity contribution in [2.45, 2.75) is 19.9 Å². The van der Waals surface area contributed by atoms with Crippen molar-refractivity contribution in [3.8, 4) is 0 Å². The number of fused-ring (bicyclic) bond motifs is 1. The summed E-state index contributed by atoms with van der Waals surface area (Å²) in [4.78, 5) is 11.5. The van der Waals surface area contributed by atoms with Crippen molar-refractivity contribution >= 4 is 34.9 Å². The van der Waals surface area contributed by atoms with E-state index in [0.29, 0.717) is 6.54 Å². The van der Waals surface area contributed by atoms with Gasteiger partial charge in [-0.2, -0.15) is 0 Å². The zero-order valence-corrected chi connectivity index (χ0v) is 12.1. The maximum absolute atomic E-state index is 11.5. The van der Waals surface area contributed by atoms with E-state index in [0.717, 1.165) is 18.7 Å². The Morgan fingerprint density at radius 1 is 1.32 bits per heavy atom. The van der Waals surface area contributed by atoms with E-state index in [9.17, 15) is 4.79 Å². The number of halogens is 1. The second-order valence-electron chi connectivity index (χ2n) is 4.36. The fourth-order valence-electron chi connectivity index (χ4n) is 2.06. The van der Waals surface area contributed by atoms with E-state index in [2.05, 4.69) is 34.4 Å². The van der Waals surface area contributed by atoms with Gasteiger partial charge in [-0.1, -0.05) is 13.0 Å². The Labute approximate surface area is 119 Å². The molecule has 0 saturated heterocycles. The number of aryl methyl sites for hydroxylation is 1. The van der Waals surface area contributed by atoms with Crippen LogP contribution in [0.4, 0.5) is 5.69 Å². The molecule has 0 atom stereocenters. The van der Waals surface area contributed by atoms with Crippen LogP contribution in [0.1, 0.15) is 13.3 Å². The molecule has 1 heterocycles. The highest BCUT2D eigenvalue weighted by Gasteiger charge is 2.04. The number of rotatable bonds is 5. The molecule has 19 heavy (non-hydrogen) atoms. The molecule has 0 bridgehead atoms. The summed E-state index contributed by atoms with van der Waals surface area (Å²) >= 11 is 0. The van der Waals surface area contributed by atoms with Crippen molar-refractivity contribution in [3.63, 3.8) is 0 Å². The highest BCUT2D eigenvalue weighted by Crippen LogP contribution is 2.20. The van der Waals surface area contributed by atoms with Crippen LogP contribution in [-0.2, 0) is 11.3 Å². The lowest BCUT2D eigenvalue weighted by Crippen LogP contribution is -2.25. The predicted molar refractivity (Wildman–Crippen MR) is 82.0 cm³/mol. The van der Waals surface area contributed by atoms with Crippen LogP contribution in [0, 0.1) is 0 Å². The van der Waals surface area contributed by atoms with Crippen molar-refractivity contribution in [2.24, 2.45) is 0 Å². The van der Waals surface area contributed by atoms with Gasteiger partial charge in [0.2, 0.25) is 5.91 Å². The summed E-state index contributed by atoms with van der Waals surface area (Å²) in [5.41, 5.74) is 2.01. The summed E-state index contributed by atoms with van der Waals surface area (Å²) < 4.78 is 2.21. The summed E-state index contributed by atoms with van der Waals surface area (Å²) in [5, 5.41) is 6.92. The Kier molecular flexibility index (Phi) is 5.86. The topological polar surface area (TPSA) is 46.1 Å². The number of carbonyl (C=O) groups excluding carboxylic acids is 1. The molecule has 0 unspecified atom stereocenters. The lowest BCUT2D eigenvalue weighted by atomic mass is 10.2. The number of hydrogen-bond donors (Lipinski definition) is 2. The first-order chi connectivity index (χ1) is 8.74. The molecular formula is C14H20ClN3O. The predicted octanol–water partition coefficient (Wildman–Crippen LogP) is 2.63. The van der Waals surface area contributed by atoms with Gasteiger partial charge in [0.25, 0.3) is 0 Å². The van der Waals surface area contributed by atoms with Crippen molar-refractivity contribution < 1.29 is 4.79 Å². The first-order valence-corrected chi connectivity index (χ1v) is 6.28. The van der Waals surface area contributed by atoms with E-state index in [-0.39, 0.29) is 18.3 Å². The normalized spacial score (nSPS) is 10.2. The molecule has 2 aromatic rings. The molecule has 0 spiro atoms. The quantitative estimate of drug-likeness (QED) is 0.885. The maximum atomic E-state index is 11.5. The number of amides is 1. The molecule has 0 saturated carbocycles. The Balaban J connectivity index is 0.00000180. The second kappa shape index (κ2) is 7.16. The molecule has 0 radical (unpaired) electrons. The summed E-state index contributed by atoms with van der Waals surface area (Å²) in [6.07, 6.45) is 3.19. The number of benzene rings is 1. The number of aromatic nitrogens is 1. The molecule has 104 valence electrons. The Morgan fingerprint density at radius 2 is 2.11 bits per heavy atom. The summed E-state index contributed by atoms with van der Waals surface area (Å²) in [6, 6.07) is 8.10. The van der Waals surface area contributed by atoms with Crippen LogP contribution >= 0.6 is 12.4 Å². The number of carbonyl (C=O) groups is 1. The molecule has 0 aliphatic heterocycles. The van der Waals surface area contributed by atoms with E-state index >= 15 is 0 Å². The lowest BCUT2D eigenvalue weighted by Gasteiger charge is -2.07. The smallest absolute Gasteiger partial charge is 0.238 e. The molecular weight excluding hydrogens is 262 g/mol. The van der Waals surface area contributed by atoms with Crippen molar-refractivity contribution in [2.75, 3.05) is 18.9 Å². The zero-order chi connectivity index (χ0) is 13.0. The largest absolute Gasteiger partial charge is 0.347 e. The highest BCUT2D eigenvalue weighted by atomic mass is 35.5. The molecule has 4 nitrogen and oxygen atoms in total. The molecule has 1 aromatic carbocycles. The van der Waals surface area contributed by atoms with Gasteiger partial charge in [0.1, 0.15) is 0 Å². The molecule has 0 aliphatic rings. The summed E-state index contributed by atoms with van der Waals surface area (Å²) in [6.45, 7) is 3.48. The number of nitrogens with one attached hydrogen (secondary N) is 2. The van der Waals surface area contributed by atoms with Gasteiger partial charge in [0.15, 0.2) is 0 Å². The first-order valence-electron chi connectivity index (χ1n) is 6.28. The van der Waals surface area contributed by atoms with Crippen LogP contribution in [0.25, 0.3) is 10.9 Å². The molecule has 1 amide bonds. The Morgan fingerprint density at radius 3 is 2.79 bits per heavy atom. The van der Waals surface area contributed by atoms with Crippen LogP contribution < -0.4 is 10.6 Å². The molecule has 1 aromatic heterocycles. The van der Waals surface area contributed by atoms with Crippen molar-refractivity contribution in [1.29, 1.82) is 0 Å². The van der Waals surface area contributed by atoms with E-state index in [4.69, 9.17) is 0 Å². The molecule has 0 fully saturated rings. The minimum Gasteiger partial charge on any atom is -0.347 e. The van der Waals surface area contributed by atoms with Gasteiger partial charge < -0.3 is 15.2 Å². The van der Waals surface area contributed by atoms with E-state index < -0.39 is 0 Å². The Hall–Kier alpha value is -1.52. The fourth-order valence-corrected chi connectivity index (χ4v) is 2.06. The van der Waals surface area contributed by atoms with Gasteiger partial charge in [-0.15, -0.1) is 12.4 Å². The van der Waals surface area contributed by atoms with Crippen molar-refractivity contribution in [1.82, 2.24) is 9.88 Å². The number of nitrogens with zero attached hydrogens (tertiary/aromatic N) is 1. The van der Waals surface area contributed by atoms with Crippen LogP contribution in [0.3, 0.4) is 0 Å². The third-order valence-electron chi connectivity index (χ3n) is 2.86. The molecule has 2 N–H and O–H groups in total. The van der Waals surface area contributed by atoms with Crippen LogP contribution in [0.15, 0.2) is 30.5 Å². The number of likely N-dealkylation sites (N-methyl/N-ethyl adjacent to an activating group) is 1. The third-order valence-corrected chi connectivity index (χ3v) is 2.86. The second-order valence-corrected chi connectivity index (χ2v) is 4.36. The average Bonchev–Trinajstić information content (AvgIpc) is 2.73. The van der Waals surface area contributed by atoms with Gasteiger partial charge in [-0.25, -0.2) is 0 Å². The van der Waals surface area contributed by atoms with Gasteiger partial charge in [-0.3, -0.25) is 4.79 Å². The van der Waals surface area contributed by atoms with Crippen molar-refractivity contribution in [3.05, 3.63) is 30.5 Å². The van der Waals surface area contributed by atoms with E-state index in [1.165, 1.54) is 10.9 Å². The van der Waals surface area contributed by atoms with Crippen LogP contribution in [-0.4, -0.2) is 24.1 Å². The SMILES string of the molecule is CCCn1ccc2ccc(NC(=O)CNC)cc21.Cl. The van der Waals surface area contributed by atoms with Gasteiger partial charge in [0, 0.05) is 18.4 Å². The summed E-state index contributed by atoms with van der Waals surface area (Å²) in [7, 11) is 1.76.